The first-order valence-corrected chi connectivity index (χ1v) is 20.1. The van der Waals surface area contributed by atoms with E-state index in [9.17, 15) is 0 Å². The third-order valence-electron chi connectivity index (χ3n) is 11.7. The lowest BCUT2D eigenvalue weighted by Crippen LogP contribution is -1.97. The van der Waals surface area contributed by atoms with Crippen molar-refractivity contribution in [1.82, 2.24) is 14.1 Å². The van der Waals surface area contributed by atoms with Gasteiger partial charge in [0.25, 0.3) is 0 Å². The van der Waals surface area contributed by atoms with Gasteiger partial charge >= 0.3 is 0 Å². The van der Waals surface area contributed by atoms with Gasteiger partial charge in [-0.2, -0.15) is 0 Å². The average Bonchev–Trinajstić information content (AvgIpc) is 3.95. The summed E-state index contributed by atoms with van der Waals surface area (Å²) in [5, 5.41) is 5.17. The number of nitrogens with zero attached hydrogens (tertiary/aromatic N) is 3. The van der Waals surface area contributed by atoms with Crippen molar-refractivity contribution >= 4 is 43.6 Å². The molecule has 0 N–H and O–H groups in total. The Hall–Kier alpha value is -7.49. The number of para-hydroxylation sites is 4. The van der Waals surface area contributed by atoms with Crippen molar-refractivity contribution in [3.63, 3.8) is 0 Å². The lowest BCUT2D eigenvalue weighted by molar-refractivity contribution is 1.10. The number of hydrogen-bond acceptors (Lipinski definition) is 1. The molecular weight excluding hydrogens is 703 g/mol. The summed E-state index contributed by atoms with van der Waals surface area (Å²) in [6.45, 7) is 2.07. The summed E-state index contributed by atoms with van der Waals surface area (Å²) >= 11 is 0. The molecule has 0 bridgehead atoms. The van der Waals surface area contributed by atoms with Crippen molar-refractivity contribution in [3.8, 4) is 56.1 Å². The van der Waals surface area contributed by atoms with Crippen LogP contribution in [0.1, 0.15) is 13.3 Å². The maximum absolute atomic E-state index is 5.09. The minimum atomic E-state index is 0.940. The van der Waals surface area contributed by atoms with Gasteiger partial charge in [-0.05, 0) is 124 Å². The third-order valence-corrected chi connectivity index (χ3v) is 11.7. The second-order valence-corrected chi connectivity index (χ2v) is 15.1. The largest absolute Gasteiger partial charge is 0.309 e. The Balaban J connectivity index is 0.000000434. The van der Waals surface area contributed by atoms with Gasteiger partial charge in [0.15, 0.2) is 0 Å². The number of imidazole rings is 1. The molecule has 2 heterocycles. The molecule has 0 saturated heterocycles. The molecule has 0 atom stereocenters. The van der Waals surface area contributed by atoms with Crippen molar-refractivity contribution in [1.29, 1.82) is 0 Å². The first-order chi connectivity index (χ1) is 28.7. The molecule has 0 radical (unpaired) electrons. The van der Waals surface area contributed by atoms with Gasteiger partial charge in [-0.15, -0.1) is 0 Å². The van der Waals surface area contributed by atoms with Crippen LogP contribution in [0.2, 0.25) is 0 Å². The maximum Gasteiger partial charge on any atom is 0.145 e. The van der Waals surface area contributed by atoms with E-state index >= 15 is 0 Å². The molecule has 0 aliphatic heterocycles. The van der Waals surface area contributed by atoms with Gasteiger partial charge in [0.2, 0.25) is 0 Å². The fourth-order valence-electron chi connectivity index (χ4n) is 8.95. The predicted molar refractivity (Wildman–Crippen MR) is 245 cm³/mol. The second kappa shape index (κ2) is 13.9. The zero-order valence-corrected chi connectivity index (χ0v) is 32.2. The van der Waals surface area contributed by atoms with Crippen molar-refractivity contribution in [2.45, 2.75) is 13.3 Å². The van der Waals surface area contributed by atoms with E-state index in [0.717, 1.165) is 34.5 Å². The van der Waals surface area contributed by atoms with Crippen LogP contribution in [0.3, 0.4) is 0 Å². The van der Waals surface area contributed by atoms with Gasteiger partial charge in [0.1, 0.15) is 5.82 Å². The molecule has 0 spiro atoms. The Labute approximate surface area is 337 Å². The number of hydrogen-bond donors (Lipinski definition) is 0. The van der Waals surface area contributed by atoms with Gasteiger partial charge in [-0.25, -0.2) is 4.98 Å². The molecule has 3 heteroatoms. The predicted octanol–water partition coefficient (Wildman–Crippen LogP) is 14.7. The van der Waals surface area contributed by atoms with E-state index in [1.54, 1.807) is 0 Å². The first-order valence-electron chi connectivity index (χ1n) is 20.1. The minimum absolute atomic E-state index is 0.940. The topological polar surface area (TPSA) is 22.8 Å². The summed E-state index contributed by atoms with van der Waals surface area (Å²) in [7, 11) is 0. The molecule has 0 amide bonds. The van der Waals surface area contributed by atoms with Gasteiger partial charge in [0, 0.05) is 27.7 Å². The van der Waals surface area contributed by atoms with E-state index in [2.05, 4.69) is 222 Å². The highest BCUT2D eigenvalue weighted by atomic mass is 15.1. The molecule has 12 rings (SSSR count). The summed E-state index contributed by atoms with van der Waals surface area (Å²) < 4.78 is 4.68. The van der Waals surface area contributed by atoms with E-state index in [1.807, 2.05) is 0 Å². The van der Waals surface area contributed by atoms with Crippen molar-refractivity contribution < 1.29 is 0 Å². The van der Waals surface area contributed by atoms with Crippen LogP contribution < -0.4 is 0 Å². The highest BCUT2D eigenvalue weighted by Gasteiger charge is 2.24. The van der Waals surface area contributed by atoms with Crippen LogP contribution in [0.4, 0.5) is 0 Å². The van der Waals surface area contributed by atoms with E-state index in [4.69, 9.17) is 4.98 Å². The average molecular weight is 742 g/mol. The Kier molecular flexibility index (Phi) is 8.11. The molecule has 58 heavy (non-hydrogen) atoms. The molecular formula is C55H39N3. The van der Waals surface area contributed by atoms with Gasteiger partial charge in [-0.3, -0.25) is 4.57 Å². The van der Waals surface area contributed by atoms with Crippen LogP contribution in [0.5, 0.6) is 0 Å². The zero-order chi connectivity index (χ0) is 38.6. The minimum Gasteiger partial charge on any atom is -0.309 e. The normalized spacial score (nSPS) is 13.4. The standard InChI is InChI=1S/C47H29N3.C8H10/c1-3-13-34(14-4-1)49-43-26-25-33(27-40(43)41-28-38-36-17-9-11-31-12-10-18-37(46(31)36)39(38)29-45(41)49)30-21-23-32(24-22-30)47-48-42-19-7-8-20-44(42)50(47)35-15-5-2-6-16-35;1-2-8-6-4-3-5-7-8/h1-29H;2-6H,7H2,1H3/b;8-2-. The Morgan fingerprint density at radius 3 is 1.81 bits per heavy atom. The number of aromatic nitrogens is 3. The molecule has 0 saturated carbocycles. The Morgan fingerprint density at radius 1 is 0.483 bits per heavy atom. The van der Waals surface area contributed by atoms with E-state index in [0.29, 0.717) is 0 Å². The van der Waals surface area contributed by atoms with Crippen LogP contribution >= 0.6 is 0 Å². The molecule has 274 valence electrons. The monoisotopic (exact) mass is 741 g/mol. The molecule has 2 aliphatic rings. The second-order valence-electron chi connectivity index (χ2n) is 15.1. The van der Waals surface area contributed by atoms with Crippen molar-refractivity contribution in [2.24, 2.45) is 0 Å². The van der Waals surface area contributed by atoms with Crippen molar-refractivity contribution in [3.05, 3.63) is 212 Å². The maximum atomic E-state index is 5.09. The molecule has 0 unspecified atom stereocenters. The molecule has 2 aromatic heterocycles. The van der Waals surface area contributed by atoms with E-state index in [1.165, 1.54) is 77.2 Å². The molecule has 2 aliphatic carbocycles. The Morgan fingerprint density at radius 2 is 1.12 bits per heavy atom. The van der Waals surface area contributed by atoms with Gasteiger partial charge in [0.05, 0.1) is 22.1 Å². The van der Waals surface area contributed by atoms with E-state index in [-0.39, 0.29) is 0 Å². The number of benzene rings is 8. The summed E-state index contributed by atoms with van der Waals surface area (Å²) in [5.74, 6) is 0.940. The van der Waals surface area contributed by atoms with E-state index < -0.39 is 0 Å². The summed E-state index contributed by atoms with van der Waals surface area (Å²) in [4.78, 5) is 5.09. The number of allylic oxidation sites excluding steroid dienone is 6. The smallest absolute Gasteiger partial charge is 0.145 e. The molecule has 3 nitrogen and oxygen atoms in total. The summed E-state index contributed by atoms with van der Waals surface area (Å²) in [6, 6.07) is 63.6. The van der Waals surface area contributed by atoms with Crippen LogP contribution in [-0.4, -0.2) is 14.1 Å². The first kappa shape index (κ1) is 33.8. The molecule has 10 aromatic rings. The highest BCUT2D eigenvalue weighted by molar-refractivity contribution is 6.20. The zero-order valence-electron chi connectivity index (χ0n) is 32.2. The number of rotatable bonds is 4. The lowest BCUT2D eigenvalue weighted by Gasteiger charge is -2.11. The van der Waals surface area contributed by atoms with Crippen molar-refractivity contribution in [2.75, 3.05) is 0 Å². The summed E-state index contributed by atoms with van der Waals surface area (Å²) in [5.41, 5.74) is 16.9. The van der Waals surface area contributed by atoms with Gasteiger partial charge in [-0.1, -0.05) is 146 Å². The molecule has 0 fully saturated rings. The fourth-order valence-corrected chi connectivity index (χ4v) is 8.95. The third kappa shape index (κ3) is 5.55. The van der Waals surface area contributed by atoms with Crippen LogP contribution in [-0.2, 0) is 0 Å². The Bertz CT molecular complexity index is 3280. The lowest BCUT2D eigenvalue weighted by atomic mass is 9.98. The van der Waals surface area contributed by atoms with Crippen LogP contribution in [0.15, 0.2) is 212 Å². The number of fused-ring (bicyclic) bond motifs is 7. The quantitative estimate of drug-likeness (QED) is 0.176. The van der Waals surface area contributed by atoms with Crippen LogP contribution in [0.25, 0.3) is 99.8 Å². The fraction of sp³-hybridized carbons (Fsp3) is 0.0364. The molecule has 8 aromatic carbocycles. The van der Waals surface area contributed by atoms with Gasteiger partial charge < -0.3 is 4.57 Å². The summed E-state index contributed by atoms with van der Waals surface area (Å²) in [6.07, 6.45) is 11.7. The van der Waals surface area contributed by atoms with Crippen LogP contribution in [0, 0.1) is 0 Å². The highest BCUT2D eigenvalue weighted by Crippen LogP contribution is 2.50. The SMILES string of the molecule is C/C=C1/C=CC=CC1.c1ccc(-n2c(-c3ccc(-c4ccc5c(c4)c4cc6c(cc4n5-c4ccccc4)-c4cccc5cccc-6c45)cc3)nc3ccccc32)cc1.